The number of aliphatic hydroxyl groups is 1. The van der Waals surface area contributed by atoms with Gasteiger partial charge in [0.05, 0.1) is 39.9 Å². The molecule has 0 aliphatic rings. The molecule has 0 saturated carbocycles. The van der Waals surface area contributed by atoms with Crippen LogP contribution in [0.25, 0.3) is 0 Å². The Bertz CT molecular complexity index is 1810. The van der Waals surface area contributed by atoms with Crippen molar-refractivity contribution in [3.8, 4) is 0 Å². The second-order valence-corrected chi connectivity index (χ2v) is 25.3. The summed E-state index contributed by atoms with van der Waals surface area (Å²) in [6.07, 6.45) is 95.9. The van der Waals surface area contributed by atoms with Crippen molar-refractivity contribution in [2.45, 2.75) is 289 Å². The summed E-state index contributed by atoms with van der Waals surface area (Å²) in [5, 5.41) is 14.0. The Labute approximate surface area is 513 Å². The fraction of sp³-hybridized carbons (Fsp3) is 0.689. The molecule has 0 aromatic heterocycles. The standard InChI is InChI=1S/C74H129N2O6P/c1-6-8-10-12-14-16-18-20-22-24-26-28-30-32-34-35-36-37-38-39-40-41-42-44-46-48-50-52-54-56-58-60-62-64-66-68-74(78)75-72(71-82-83(79,80)81-70-69-76(3,4)5)73(77)67-65-63-61-59-57-55-53-51-49-47-45-43-33-31-29-27-25-23-21-19-17-15-13-11-9-7-2/h8,10,14,16,20,22,26,28,32,34,36-37,39-40,42,44,48,50,57,59,65,67,72-73,77H,6-7,9,11-13,15,17-19,21,23-25,27,29-31,33,35,38,41,43,45-47,49,51-56,58,60-64,66,68-71H2,1-5H3,(H-,75,78,79,80)/p+1/b10-8-,16-14-,22-20-,28-26-,34-32-,37-36-,40-39-,44-42-,50-48-,59-57+,67-65+. The number of phosphoric acid groups is 1. The number of carbonyl (C=O) groups excluding carboxylic acids is 1. The quantitative estimate of drug-likeness (QED) is 0.0243. The second-order valence-electron chi connectivity index (χ2n) is 23.8. The third kappa shape index (κ3) is 66.0. The molecule has 0 aliphatic heterocycles. The van der Waals surface area contributed by atoms with E-state index in [0.717, 1.165) is 109 Å². The Balaban J connectivity index is 4.22. The van der Waals surface area contributed by atoms with Crippen molar-refractivity contribution in [1.82, 2.24) is 5.32 Å². The monoisotopic (exact) mass is 1170 g/mol. The molecule has 476 valence electrons. The Morgan fingerprint density at radius 2 is 0.735 bits per heavy atom. The number of phosphoric ester groups is 1. The maximum Gasteiger partial charge on any atom is 0.472 e. The average molecular weight is 1170 g/mol. The van der Waals surface area contributed by atoms with Gasteiger partial charge in [-0.05, 0) is 103 Å². The molecule has 0 bridgehead atoms. The third-order valence-electron chi connectivity index (χ3n) is 14.6. The van der Waals surface area contributed by atoms with E-state index in [-0.39, 0.29) is 19.1 Å². The highest BCUT2D eigenvalue weighted by Gasteiger charge is 2.27. The zero-order valence-electron chi connectivity index (χ0n) is 54.4. The molecule has 9 heteroatoms. The highest BCUT2D eigenvalue weighted by molar-refractivity contribution is 7.47. The van der Waals surface area contributed by atoms with Crippen molar-refractivity contribution < 1.29 is 32.9 Å². The molecule has 0 radical (unpaired) electrons. The van der Waals surface area contributed by atoms with Crippen molar-refractivity contribution >= 4 is 13.7 Å². The lowest BCUT2D eigenvalue weighted by atomic mass is 10.0. The van der Waals surface area contributed by atoms with Crippen LogP contribution in [0.2, 0.25) is 0 Å². The maximum atomic E-state index is 13.0. The number of aliphatic hydroxyl groups excluding tert-OH is 1. The smallest absolute Gasteiger partial charge is 0.387 e. The van der Waals surface area contributed by atoms with Gasteiger partial charge in [0.2, 0.25) is 5.91 Å². The molecular weight excluding hydrogens is 1040 g/mol. The molecule has 0 spiro atoms. The van der Waals surface area contributed by atoms with Crippen molar-refractivity contribution in [2.75, 3.05) is 40.9 Å². The van der Waals surface area contributed by atoms with Crippen LogP contribution >= 0.6 is 7.82 Å². The predicted molar refractivity (Wildman–Crippen MR) is 364 cm³/mol. The lowest BCUT2D eigenvalue weighted by Gasteiger charge is -2.25. The van der Waals surface area contributed by atoms with Crippen molar-refractivity contribution in [3.05, 3.63) is 134 Å². The minimum atomic E-state index is -4.37. The summed E-state index contributed by atoms with van der Waals surface area (Å²) < 4.78 is 23.8. The lowest BCUT2D eigenvalue weighted by Crippen LogP contribution is -2.45. The zero-order valence-corrected chi connectivity index (χ0v) is 55.3. The third-order valence-corrected chi connectivity index (χ3v) is 15.6. The highest BCUT2D eigenvalue weighted by atomic mass is 31.2. The van der Waals surface area contributed by atoms with E-state index >= 15 is 0 Å². The van der Waals surface area contributed by atoms with E-state index in [1.807, 2.05) is 27.2 Å². The molecule has 83 heavy (non-hydrogen) atoms. The van der Waals surface area contributed by atoms with E-state index in [0.29, 0.717) is 17.4 Å². The maximum absolute atomic E-state index is 13.0. The molecule has 0 rings (SSSR count). The number of likely N-dealkylation sites (N-methyl/N-ethyl adjacent to an activating group) is 1. The first-order valence-corrected chi connectivity index (χ1v) is 35.6. The van der Waals surface area contributed by atoms with Crippen LogP contribution in [0.4, 0.5) is 0 Å². The van der Waals surface area contributed by atoms with Crippen LogP contribution in [-0.4, -0.2) is 73.4 Å². The number of nitrogens with one attached hydrogen (secondary N) is 1. The van der Waals surface area contributed by atoms with Gasteiger partial charge in [0.1, 0.15) is 13.2 Å². The molecule has 0 fully saturated rings. The molecule has 0 aromatic rings. The molecule has 3 unspecified atom stereocenters. The normalized spacial score (nSPS) is 14.5. The molecular formula is C74H130N2O6P+. The Hall–Kier alpha value is -3.36. The molecule has 3 N–H and O–H groups in total. The number of hydrogen-bond donors (Lipinski definition) is 3. The van der Waals surface area contributed by atoms with Crippen LogP contribution in [-0.2, 0) is 18.4 Å². The number of quaternary nitrogens is 1. The van der Waals surface area contributed by atoms with Gasteiger partial charge in [-0.15, -0.1) is 0 Å². The minimum Gasteiger partial charge on any atom is -0.387 e. The van der Waals surface area contributed by atoms with Gasteiger partial charge in [-0.25, -0.2) is 4.57 Å². The van der Waals surface area contributed by atoms with E-state index in [9.17, 15) is 19.4 Å². The van der Waals surface area contributed by atoms with E-state index < -0.39 is 20.0 Å². The molecule has 0 heterocycles. The topological polar surface area (TPSA) is 105 Å². The van der Waals surface area contributed by atoms with Crippen LogP contribution in [0.1, 0.15) is 277 Å². The van der Waals surface area contributed by atoms with Gasteiger partial charge in [-0.3, -0.25) is 13.8 Å². The van der Waals surface area contributed by atoms with Gasteiger partial charge in [0, 0.05) is 6.42 Å². The number of unbranched alkanes of at least 4 members (excludes halogenated alkanes) is 28. The zero-order chi connectivity index (χ0) is 60.5. The molecule has 1 amide bonds. The van der Waals surface area contributed by atoms with Crippen molar-refractivity contribution in [2.24, 2.45) is 0 Å². The Morgan fingerprint density at radius 3 is 1.11 bits per heavy atom. The lowest BCUT2D eigenvalue weighted by molar-refractivity contribution is -0.870. The van der Waals surface area contributed by atoms with Crippen LogP contribution < -0.4 is 5.32 Å². The molecule has 0 saturated heterocycles. The minimum absolute atomic E-state index is 0.0471. The van der Waals surface area contributed by atoms with E-state index in [1.165, 1.54) is 148 Å². The highest BCUT2D eigenvalue weighted by Crippen LogP contribution is 2.43. The Kier molecular flexibility index (Phi) is 60.6. The number of amides is 1. The fourth-order valence-corrected chi connectivity index (χ4v) is 10.1. The first-order chi connectivity index (χ1) is 40.5. The summed E-state index contributed by atoms with van der Waals surface area (Å²) in [6, 6.07) is -0.881. The first-order valence-electron chi connectivity index (χ1n) is 34.1. The van der Waals surface area contributed by atoms with Gasteiger partial charge in [0.15, 0.2) is 0 Å². The van der Waals surface area contributed by atoms with Crippen LogP contribution in [0.15, 0.2) is 134 Å². The molecule has 8 nitrogen and oxygen atoms in total. The van der Waals surface area contributed by atoms with Gasteiger partial charge in [0.25, 0.3) is 0 Å². The Morgan fingerprint density at radius 1 is 0.422 bits per heavy atom. The fourth-order valence-electron chi connectivity index (χ4n) is 9.35. The first kappa shape index (κ1) is 79.6. The summed E-state index contributed by atoms with van der Waals surface area (Å²) in [5.74, 6) is -0.201. The van der Waals surface area contributed by atoms with Gasteiger partial charge in [-0.1, -0.05) is 302 Å². The van der Waals surface area contributed by atoms with Crippen LogP contribution in [0, 0.1) is 0 Å². The largest absolute Gasteiger partial charge is 0.472 e. The number of nitrogens with zero attached hydrogens (tertiary/aromatic N) is 1. The summed E-state index contributed by atoms with van der Waals surface area (Å²) >= 11 is 0. The summed E-state index contributed by atoms with van der Waals surface area (Å²) in [7, 11) is 1.53. The van der Waals surface area contributed by atoms with Crippen molar-refractivity contribution in [1.29, 1.82) is 0 Å². The number of rotatable bonds is 61. The van der Waals surface area contributed by atoms with Crippen LogP contribution in [0.5, 0.6) is 0 Å². The van der Waals surface area contributed by atoms with Crippen molar-refractivity contribution in [3.63, 3.8) is 0 Å². The van der Waals surface area contributed by atoms with Gasteiger partial charge in [-0.2, -0.15) is 0 Å². The van der Waals surface area contributed by atoms with E-state index in [2.05, 4.69) is 141 Å². The molecule has 0 aromatic carbocycles. The average Bonchev–Trinajstić information content (AvgIpc) is 3.49. The summed E-state index contributed by atoms with van der Waals surface area (Å²) in [6.45, 7) is 4.68. The number of carbonyl (C=O) groups is 1. The van der Waals surface area contributed by atoms with Crippen LogP contribution in [0.3, 0.4) is 0 Å². The van der Waals surface area contributed by atoms with Gasteiger partial charge < -0.3 is 19.8 Å². The number of hydrogen-bond acceptors (Lipinski definition) is 5. The second kappa shape index (κ2) is 63.2. The van der Waals surface area contributed by atoms with E-state index in [4.69, 9.17) is 9.05 Å². The van der Waals surface area contributed by atoms with E-state index in [1.54, 1.807) is 6.08 Å². The predicted octanol–water partition coefficient (Wildman–Crippen LogP) is 21.8. The molecule has 3 atom stereocenters. The summed E-state index contributed by atoms with van der Waals surface area (Å²) in [5.41, 5.74) is 0. The molecule has 0 aliphatic carbocycles. The summed E-state index contributed by atoms with van der Waals surface area (Å²) in [4.78, 5) is 23.4. The number of allylic oxidation sites excluding steroid dienone is 21. The SMILES string of the molecule is CC/C=C\C/C=C\C/C=C\C/C=C\C/C=C\C/C=C\C/C=C\C/C=C\C/C=C\CCCCCCCCCC(=O)NC(COP(=O)(O)OCC[N+](C)(C)C)C(O)/C=C/CC/C=C/CCCCCCCCCCCCCCCCCCCCCC. The van der Waals surface area contributed by atoms with Gasteiger partial charge >= 0.3 is 7.82 Å².